The van der Waals surface area contributed by atoms with Gasteiger partial charge in [0.25, 0.3) is 0 Å². The Balaban J connectivity index is 1.99. The van der Waals surface area contributed by atoms with Crippen LogP contribution in [0.4, 0.5) is 0 Å². The lowest BCUT2D eigenvalue weighted by molar-refractivity contribution is -0.0449. The number of hydrogen-bond acceptors (Lipinski definition) is 2. The average molecular weight is 326 g/mol. The van der Waals surface area contributed by atoms with Crippen LogP contribution in [0.3, 0.4) is 0 Å². The quantitative estimate of drug-likeness (QED) is 0.896. The first-order chi connectivity index (χ1) is 9.10. The van der Waals surface area contributed by atoms with E-state index in [9.17, 15) is 0 Å². The zero-order valence-corrected chi connectivity index (χ0v) is 13.4. The molecule has 0 aromatic heterocycles. The minimum absolute atomic E-state index is 0.0168. The van der Waals surface area contributed by atoms with Gasteiger partial charge in [0.15, 0.2) is 0 Å². The highest BCUT2D eigenvalue weighted by Crippen LogP contribution is 2.33. The zero-order chi connectivity index (χ0) is 13.8. The van der Waals surface area contributed by atoms with Crippen LogP contribution in [0.5, 0.6) is 0 Å². The molecule has 1 saturated carbocycles. The molecule has 1 aliphatic rings. The molecule has 0 amide bonds. The smallest absolute Gasteiger partial charge is 0.0951 e. The largest absolute Gasteiger partial charge is 0.369 e. The van der Waals surface area contributed by atoms with Crippen LogP contribution in [0.1, 0.15) is 44.8 Å². The fourth-order valence-electron chi connectivity index (χ4n) is 2.83. The molecule has 4 unspecified atom stereocenters. The molecule has 0 saturated heterocycles. The lowest BCUT2D eigenvalue weighted by atomic mass is 9.80. The third kappa shape index (κ3) is 4.04. The molecule has 1 aromatic carbocycles. The Morgan fingerprint density at radius 3 is 2.74 bits per heavy atom. The summed E-state index contributed by atoms with van der Waals surface area (Å²) in [5.41, 5.74) is 7.06. The van der Waals surface area contributed by atoms with Crippen LogP contribution < -0.4 is 5.73 Å². The van der Waals surface area contributed by atoms with Crippen molar-refractivity contribution in [2.75, 3.05) is 6.54 Å². The standard InChI is InChI=1S/C16H24BrNO/c1-11-6-7-15(8-12(11)2)19-16(10-18)13-4-3-5-14(17)9-13/h3-5,9,11-12,15-16H,6-8,10,18H2,1-2H3. The van der Waals surface area contributed by atoms with Crippen molar-refractivity contribution in [2.24, 2.45) is 17.6 Å². The number of halogens is 1. The van der Waals surface area contributed by atoms with Gasteiger partial charge >= 0.3 is 0 Å². The number of rotatable bonds is 4. The predicted octanol–water partition coefficient (Wildman–Crippen LogP) is 4.29. The van der Waals surface area contributed by atoms with Crippen molar-refractivity contribution in [1.29, 1.82) is 0 Å². The molecule has 1 fully saturated rings. The Morgan fingerprint density at radius 2 is 2.11 bits per heavy atom. The van der Waals surface area contributed by atoms with Crippen molar-refractivity contribution in [2.45, 2.75) is 45.3 Å². The van der Waals surface area contributed by atoms with Crippen LogP contribution in [0.15, 0.2) is 28.7 Å². The van der Waals surface area contributed by atoms with E-state index in [0.717, 1.165) is 29.2 Å². The summed E-state index contributed by atoms with van der Waals surface area (Å²) in [5, 5.41) is 0. The van der Waals surface area contributed by atoms with Gasteiger partial charge in [0, 0.05) is 11.0 Å². The lowest BCUT2D eigenvalue weighted by Gasteiger charge is -2.34. The topological polar surface area (TPSA) is 35.2 Å². The lowest BCUT2D eigenvalue weighted by Crippen LogP contribution is -2.30. The maximum atomic E-state index is 6.25. The Kier molecular flexibility index (Phi) is 5.43. The van der Waals surface area contributed by atoms with E-state index in [1.54, 1.807) is 0 Å². The molecule has 0 bridgehead atoms. The van der Waals surface area contributed by atoms with Gasteiger partial charge in [0.2, 0.25) is 0 Å². The predicted molar refractivity (Wildman–Crippen MR) is 83.0 cm³/mol. The van der Waals surface area contributed by atoms with Crippen molar-refractivity contribution < 1.29 is 4.74 Å². The van der Waals surface area contributed by atoms with Gasteiger partial charge in [-0.05, 0) is 48.8 Å². The van der Waals surface area contributed by atoms with Crippen molar-refractivity contribution in [3.8, 4) is 0 Å². The van der Waals surface area contributed by atoms with Gasteiger partial charge in [-0.2, -0.15) is 0 Å². The summed E-state index contributed by atoms with van der Waals surface area (Å²) in [7, 11) is 0. The summed E-state index contributed by atoms with van der Waals surface area (Å²) in [4.78, 5) is 0. The molecular weight excluding hydrogens is 302 g/mol. The van der Waals surface area contributed by atoms with Gasteiger partial charge in [0.05, 0.1) is 12.2 Å². The monoisotopic (exact) mass is 325 g/mol. The first kappa shape index (κ1) is 15.0. The Labute approximate surface area is 124 Å². The summed E-state index contributed by atoms with van der Waals surface area (Å²) in [6.45, 7) is 5.21. The molecule has 0 radical (unpaired) electrons. The molecule has 2 nitrogen and oxygen atoms in total. The van der Waals surface area contributed by atoms with Crippen molar-refractivity contribution in [3.05, 3.63) is 34.3 Å². The van der Waals surface area contributed by atoms with Gasteiger partial charge in [-0.25, -0.2) is 0 Å². The van der Waals surface area contributed by atoms with Crippen molar-refractivity contribution in [3.63, 3.8) is 0 Å². The number of benzene rings is 1. The molecule has 2 rings (SSSR count). The third-order valence-electron chi connectivity index (χ3n) is 4.34. The first-order valence-electron chi connectivity index (χ1n) is 7.21. The normalized spacial score (nSPS) is 29.2. The molecule has 0 spiro atoms. The van der Waals surface area contributed by atoms with E-state index in [0.29, 0.717) is 12.6 Å². The summed E-state index contributed by atoms with van der Waals surface area (Å²) in [6.07, 6.45) is 3.96. The van der Waals surface area contributed by atoms with Gasteiger partial charge in [-0.15, -0.1) is 0 Å². The second kappa shape index (κ2) is 6.87. The maximum Gasteiger partial charge on any atom is 0.0951 e. The highest BCUT2D eigenvalue weighted by molar-refractivity contribution is 9.10. The molecule has 2 N–H and O–H groups in total. The fourth-order valence-corrected chi connectivity index (χ4v) is 3.25. The van der Waals surface area contributed by atoms with E-state index in [1.807, 2.05) is 12.1 Å². The minimum Gasteiger partial charge on any atom is -0.369 e. The van der Waals surface area contributed by atoms with Crippen LogP contribution >= 0.6 is 15.9 Å². The summed E-state index contributed by atoms with van der Waals surface area (Å²) < 4.78 is 7.34. The van der Waals surface area contributed by atoms with Crippen molar-refractivity contribution >= 4 is 15.9 Å². The molecular formula is C16H24BrNO. The average Bonchev–Trinajstić information content (AvgIpc) is 2.40. The van der Waals surface area contributed by atoms with Crippen LogP contribution in [0.2, 0.25) is 0 Å². The van der Waals surface area contributed by atoms with Gasteiger partial charge in [-0.3, -0.25) is 0 Å². The van der Waals surface area contributed by atoms with Crippen LogP contribution in [0, 0.1) is 11.8 Å². The number of ether oxygens (including phenoxy) is 1. The molecule has 4 atom stereocenters. The van der Waals surface area contributed by atoms with E-state index in [4.69, 9.17) is 10.5 Å². The van der Waals surface area contributed by atoms with Crippen LogP contribution in [0.25, 0.3) is 0 Å². The van der Waals surface area contributed by atoms with E-state index >= 15 is 0 Å². The molecule has 106 valence electrons. The molecule has 0 heterocycles. The highest BCUT2D eigenvalue weighted by Gasteiger charge is 2.27. The Morgan fingerprint density at radius 1 is 1.32 bits per heavy atom. The van der Waals surface area contributed by atoms with Gasteiger partial charge in [-0.1, -0.05) is 41.9 Å². The van der Waals surface area contributed by atoms with Gasteiger partial charge < -0.3 is 10.5 Å². The number of nitrogens with two attached hydrogens (primary N) is 1. The molecule has 1 aromatic rings. The second-order valence-corrected chi connectivity index (χ2v) is 6.72. The SMILES string of the molecule is CC1CCC(OC(CN)c2cccc(Br)c2)CC1C. The van der Waals surface area contributed by atoms with Crippen LogP contribution in [-0.4, -0.2) is 12.6 Å². The molecule has 0 aliphatic heterocycles. The summed E-state index contributed by atoms with van der Waals surface area (Å²) in [5.74, 6) is 1.57. The van der Waals surface area contributed by atoms with Crippen molar-refractivity contribution in [1.82, 2.24) is 0 Å². The fraction of sp³-hybridized carbons (Fsp3) is 0.625. The second-order valence-electron chi connectivity index (χ2n) is 5.81. The van der Waals surface area contributed by atoms with Gasteiger partial charge in [0.1, 0.15) is 0 Å². The summed E-state index contributed by atoms with van der Waals surface area (Å²) in [6, 6.07) is 8.27. The molecule has 1 aliphatic carbocycles. The minimum atomic E-state index is 0.0168. The van der Waals surface area contributed by atoms with E-state index in [1.165, 1.54) is 12.0 Å². The van der Waals surface area contributed by atoms with E-state index < -0.39 is 0 Å². The van der Waals surface area contributed by atoms with Crippen LogP contribution in [-0.2, 0) is 4.74 Å². The molecule has 19 heavy (non-hydrogen) atoms. The number of hydrogen-bond donors (Lipinski definition) is 1. The Hall–Kier alpha value is -0.380. The van der Waals surface area contributed by atoms with E-state index in [-0.39, 0.29) is 6.10 Å². The molecule has 3 heteroatoms. The first-order valence-corrected chi connectivity index (χ1v) is 8.00. The maximum absolute atomic E-state index is 6.25. The Bertz CT molecular complexity index is 409. The highest BCUT2D eigenvalue weighted by atomic mass is 79.9. The van der Waals surface area contributed by atoms with E-state index in [2.05, 4.69) is 41.9 Å². The summed E-state index contributed by atoms with van der Waals surface area (Å²) >= 11 is 3.51. The third-order valence-corrected chi connectivity index (χ3v) is 4.83. The zero-order valence-electron chi connectivity index (χ0n) is 11.8.